The summed E-state index contributed by atoms with van der Waals surface area (Å²) in [5.41, 5.74) is 3.18. The van der Waals surface area contributed by atoms with Crippen molar-refractivity contribution in [2.75, 3.05) is 12.8 Å². The van der Waals surface area contributed by atoms with Gasteiger partial charge in [0.2, 0.25) is 0 Å². The Hall–Kier alpha value is -2.64. The highest BCUT2D eigenvalue weighted by Gasteiger charge is 2.30. The number of methoxy groups -OCH3 is 1. The first-order valence-corrected chi connectivity index (χ1v) is 5.97. The van der Waals surface area contributed by atoms with Crippen molar-refractivity contribution in [2.45, 2.75) is 26.4 Å². The summed E-state index contributed by atoms with van der Waals surface area (Å²) in [5, 5.41) is 11.1. The first-order chi connectivity index (χ1) is 9.58. The van der Waals surface area contributed by atoms with Crippen molar-refractivity contribution in [3.8, 4) is 0 Å². The molecule has 0 radical (unpaired) electrons. The molecule has 0 heterocycles. The van der Waals surface area contributed by atoms with E-state index in [1.165, 1.54) is 6.07 Å². The van der Waals surface area contributed by atoms with Crippen LogP contribution in [0.25, 0.3) is 0 Å². The Balaban J connectivity index is 3.42. The summed E-state index contributed by atoms with van der Waals surface area (Å²) in [6.45, 7) is 4.88. The Morgan fingerprint density at radius 1 is 1.19 bits per heavy atom. The largest absolute Gasteiger partial charge is 0.465 e. The molecule has 21 heavy (non-hydrogen) atoms. The van der Waals surface area contributed by atoms with Crippen LogP contribution in [0, 0.1) is 10.1 Å². The second-order valence-electron chi connectivity index (χ2n) is 5.17. The Morgan fingerprint density at radius 2 is 1.71 bits per heavy atom. The number of rotatable bonds is 3. The van der Waals surface area contributed by atoms with Gasteiger partial charge in [0.05, 0.1) is 17.6 Å². The predicted molar refractivity (Wildman–Crippen MR) is 74.0 cm³/mol. The number of hydrogen-bond donors (Lipinski definition) is 1. The molecule has 0 aliphatic rings. The lowest BCUT2D eigenvalue weighted by atomic mass is 10.1. The first-order valence-electron chi connectivity index (χ1n) is 5.97. The van der Waals surface area contributed by atoms with Crippen LogP contribution < -0.4 is 5.73 Å². The number of hydrogen-bond acceptors (Lipinski definition) is 7. The molecule has 0 unspecified atom stereocenters. The van der Waals surface area contributed by atoms with Crippen LogP contribution in [0.2, 0.25) is 0 Å². The monoisotopic (exact) mass is 296 g/mol. The summed E-state index contributed by atoms with van der Waals surface area (Å²) in [4.78, 5) is 33.8. The highest BCUT2D eigenvalue weighted by molar-refractivity contribution is 6.03. The van der Waals surface area contributed by atoms with Gasteiger partial charge >= 0.3 is 17.6 Å². The van der Waals surface area contributed by atoms with Gasteiger partial charge in [-0.3, -0.25) is 10.1 Å². The molecule has 8 nitrogen and oxygen atoms in total. The van der Waals surface area contributed by atoms with E-state index in [1.807, 2.05) is 0 Å². The molecule has 114 valence electrons. The molecule has 1 aromatic rings. The van der Waals surface area contributed by atoms with Crippen LogP contribution in [0.3, 0.4) is 0 Å². The molecular formula is C13H16N2O6. The normalized spacial score (nSPS) is 10.9. The van der Waals surface area contributed by atoms with E-state index in [1.54, 1.807) is 20.8 Å². The molecule has 2 N–H and O–H groups in total. The smallest absolute Gasteiger partial charge is 0.345 e. The molecule has 0 aromatic heterocycles. The fraction of sp³-hybridized carbons (Fsp3) is 0.385. The summed E-state index contributed by atoms with van der Waals surface area (Å²) in [6, 6.07) is 2.31. The van der Waals surface area contributed by atoms with Gasteiger partial charge in [-0.1, -0.05) is 0 Å². The number of nitrogen functional groups attached to an aromatic ring is 1. The Morgan fingerprint density at radius 3 is 2.14 bits per heavy atom. The molecule has 0 saturated carbocycles. The maximum atomic E-state index is 12.0. The molecular weight excluding hydrogens is 280 g/mol. The Bertz CT molecular complexity index is 603. The van der Waals surface area contributed by atoms with E-state index < -0.39 is 33.8 Å². The lowest BCUT2D eigenvalue weighted by Crippen LogP contribution is -2.25. The van der Waals surface area contributed by atoms with Crippen molar-refractivity contribution in [3.05, 3.63) is 33.4 Å². The second kappa shape index (κ2) is 5.78. The maximum absolute atomic E-state index is 12.0. The number of esters is 2. The zero-order chi connectivity index (χ0) is 16.4. The Labute approximate surface area is 121 Å². The molecule has 0 spiro atoms. The fourth-order valence-electron chi connectivity index (χ4n) is 1.59. The average molecular weight is 296 g/mol. The van der Waals surface area contributed by atoms with Crippen molar-refractivity contribution >= 4 is 23.3 Å². The van der Waals surface area contributed by atoms with Gasteiger partial charge in [0.15, 0.2) is 0 Å². The SMILES string of the molecule is COC(=O)c1ccc(C(=O)OC(C)(C)C)c([N+](=O)[O-])c1N. The summed E-state index contributed by atoms with van der Waals surface area (Å²) < 4.78 is 9.56. The lowest BCUT2D eigenvalue weighted by Gasteiger charge is -2.19. The average Bonchev–Trinajstić information content (AvgIpc) is 2.34. The molecule has 0 aliphatic carbocycles. The van der Waals surface area contributed by atoms with E-state index in [4.69, 9.17) is 10.5 Å². The van der Waals surface area contributed by atoms with Gasteiger partial charge in [0.1, 0.15) is 16.9 Å². The zero-order valence-corrected chi connectivity index (χ0v) is 12.1. The molecule has 1 aromatic carbocycles. The van der Waals surface area contributed by atoms with Crippen molar-refractivity contribution in [1.29, 1.82) is 0 Å². The van der Waals surface area contributed by atoms with Crippen LogP contribution in [0.1, 0.15) is 41.5 Å². The predicted octanol–water partition coefficient (Wildman–Crippen LogP) is 1.92. The van der Waals surface area contributed by atoms with Crippen LogP contribution in [0.5, 0.6) is 0 Å². The molecule has 1 rings (SSSR count). The van der Waals surface area contributed by atoms with Crippen molar-refractivity contribution in [2.24, 2.45) is 0 Å². The quantitative estimate of drug-likeness (QED) is 0.391. The minimum Gasteiger partial charge on any atom is -0.465 e. The van der Waals surface area contributed by atoms with Crippen LogP contribution in [-0.4, -0.2) is 29.6 Å². The Kier molecular flexibility index (Phi) is 4.52. The van der Waals surface area contributed by atoms with E-state index in [2.05, 4.69) is 4.74 Å². The molecule has 0 atom stereocenters. The lowest BCUT2D eigenvalue weighted by molar-refractivity contribution is -0.384. The van der Waals surface area contributed by atoms with Crippen molar-refractivity contribution < 1.29 is 24.0 Å². The highest BCUT2D eigenvalue weighted by atomic mass is 16.6. The van der Waals surface area contributed by atoms with Crippen LogP contribution >= 0.6 is 0 Å². The number of nitro groups is 1. The van der Waals surface area contributed by atoms with E-state index in [-0.39, 0.29) is 11.1 Å². The maximum Gasteiger partial charge on any atom is 0.345 e. The molecule has 0 fully saturated rings. The van der Waals surface area contributed by atoms with Gasteiger partial charge in [0.25, 0.3) is 0 Å². The number of anilines is 1. The fourth-order valence-corrected chi connectivity index (χ4v) is 1.59. The zero-order valence-electron chi connectivity index (χ0n) is 12.1. The number of ether oxygens (including phenoxy) is 2. The van der Waals surface area contributed by atoms with Gasteiger partial charge in [-0.25, -0.2) is 9.59 Å². The molecule has 0 bridgehead atoms. The van der Waals surface area contributed by atoms with Gasteiger partial charge in [0, 0.05) is 0 Å². The highest BCUT2D eigenvalue weighted by Crippen LogP contribution is 2.31. The van der Waals surface area contributed by atoms with E-state index >= 15 is 0 Å². The van der Waals surface area contributed by atoms with Gasteiger partial charge < -0.3 is 15.2 Å². The minimum absolute atomic E-state index is 0.184. The van der Waals surface area contributed by atoms with Crippen LogP contribution in [0.4, 0.5) is 11.4 Å². The topological polar surface area (TPSA) is 122 Å². The third kappa shape index (κ3) is 3.68. The summed E-state index contributed by atoms with van der Waals surface area (Å²) >= 11 is 0. The van der Waals surface area contributed by atoms with Crippen molar-refractivity contribution in [3.63, 3.8) is 0 Å². The van der Waals surface area contributed by atoms with E-state index in [9.17, 15) is 19.7 Å². The third-order valence-corrected chi connectivity index (χ3v) is 2.42. The molecule has 0 aliphatic heterocycles. The van der Waals surface area contributed by atoms with Gasteiger partial charge in [-0.05, 0) is 32.9 Å². The first kappa shape index (κ1) is 16.4. The number of nitrogens with two attached hydrogens (primary N) is 1. The third-order valence-electron chi connectivity index (χ3n) is 2.42. The number of nitro benzene ring substituents is 1. The molecule has 8 heteroatoms. The minimum atomic E-state index is -0.891. The van der Waals surface area contributed by atoms with Crippen molar-refractivity contribution in [1.82, 2.24) is 0 Å². The van der Waals surface area contributed by atoms with Crippen LogP contribution in [0.15, 0.2) is 12.1 Å². The number of nitrogens with zero attached hydrogens (tertiary/aromatic N) is 1. The summed E-state index contributed by atoms with van der Waals surface area (Å²) in [5.74, 6) is -1.72. The van der Waals surface area contributed by atoms with Crippen LogP contribution in [-0.2, 0) is 9.47 Å². The van der Waals surface area contributed by atoms with E-state index in [0.29, 0.717) is 0 Å². The number of carbonyl (C=O) groups excluding carboxylic acids is 2. The molecule has 0 amide bonds. The van der Waals surface area contributed by atoms with Gasteiger partial charge in [-0.15, -0.1) is 0 Å². The summed E-state index contributed by atoms with van der Waals surface area (Å²) in [6.07, 6.45) is 0. The van der Waals surface area contributed by atoms with E-state index in [0.717, 1.165) is 13.2 Å². The standard InChI is InChI=1S/C13H16N2O6/c1-13(2,3)21-12(17)8-6-5-7(11(16)20-4)9(14)10(8)15(18)19/h5-6H,14H2,1-4H3. The number of benzene rings is 1. The number of carbonyl (C=O) groups is 2. The molecule has 0 saturated heterocycles. The van der Waals surface area contributed by atoms with Gasteiger partial charge in [-0.2, -0.15) is 0 Å². The second-order valence-corrected chi connectivity index (χ2v) is 5.17. The summed E-state index contributed by atoms with van der Waals surface area (Å²) in [7, 11) is 1.12.